The Morgan fingerprint density at radius 2 is 1.69 bits per heavy atom. The standard InChI is InChI=1S/C24H25N3O8/c1-6-34-20(30)14-12(2)26(4)24-16-15(18(28)25(3)19(16)29)23(35-24,22(32)33-5)21(31)27(24)17(14)13-10-8-7-9-11-13/h7-11,15-17H,6H2,1-5H3/t15-,16+,17-,23+,24+/m1/s1. The van der Waals surface area contributed by atoms with Gasteiger partial charge in [0, 0.05) is 19.8 Å². The number of fused-ring (bicyclic) bond motifs is 3. The highest BCUT2D eigenvalue weighted by molar-refractivity contribution is 6.19. The van der Waals surface area contributed by atoms with Gasteiger partial charge in [-0.1, -0.05) is 30.3 Å². The molecule has 5 atom stereocenters. The Morgan fingerprint density at radius 1 is 1.06 bits per heavy atom. The molecule has 4 aliphatic heterocycles. The first-order valence-corrected chi connectivity index (χ1v) is 11.2. The van der Waals surface area contributed by atoms with E-state index in [1.54, 1.807) is 51.2 Å². The molecule has 0 aliphatic carbocycles. The van der Waals surface area contributed by atoms with Crippen LogP contribution in [0.4, 0.5) is 0 Å². The van der Waals surface area contributed by atoms with E-state index in [9.17, 15) is 24.0 Å². The summed E-state index contributed by atoms with van der Waals surface area (Å²) < 4.78 is 16.5. The van der Waals surface area contributed by atoms with Crippen LogP contribution in [0, 0.1) is 11.8 Å². The molecule has 1 spiro atoms. The highest BCUT2D eigenvalue weighted by Gasteiger charge is 2.88. The van der Waals surface area contributed by atoms with Gasteiger partial charge in [0.1, 0.15) is 11.8 Å². The third-order valence-corrected chi connectivity index (χ3v) is 7.57. The summed E-state index contributed by atoms with van der Waals surface area (Å²) in [5.74, 6) is -8.31. The monoisotopic (exact) mass is 483 g/mol. The number of carbonyl (C=O) groups excluding carboxylic acids is 5. The lowest BCUT2D eigenvalue weighted by atomic mass is 9.73. The molecule has 1 aromatic carbocycles. The largest absolute Gasteiger partial charge is 0.466 e. The van der Waals surface area contributed by atoms with Gasteiger partial charge < -0.3 is 19.1 Å². The molecule has 3 amide bonds. The number of methoxy groups -OCH3 is 1. The van der Waals surface area contributed by atoms with Gasteiger partial charge >= 0.3 is 11.9 Å². The predicted molar refractivity (Wildman–Crippen MR) is 116 cm³/mol. The van der Waals surface area contributed by atoms with Crippen LogP contribution in [0.2, 0.25) is 0 Å². The summed E-state index contributed by atoms with van der Waals surface area (Å²) in [4.78, 5) is 70.8. The average Bonchev–Trinajstić information content (AvgIpc) is 3.41. The molecule has 0 N–H and O–H groups in total. The number of ether oxygens (including phenoxy) is 3. The van der Waals surface area contributed by atoms with Gasteiger partial charge in [0.15, 0.2) is 0 Å². The fourth-order valence-corrected chi connectivity index (χ4v) is 5.98. The molecule has 35 heavy (non-hydrogen) atoms. The van der Waals surface area contributed by atoms with E-state index in [0.717, 1.165) is 12.0 Å². The molecule has 0 aromatic heterocycles. The van der Waals surface area contributed by atoms with Crippen LogP contribution in [0.5, 0.6) is 0 Å². The Morgan fingerprint density at radius 3 is 2.29 bits per heavy atom. The van der Waals surface area contributed by atoms with Crippen LogP contribution < -0.4 is 0 Å². The zero-order valence-corrected chi connectivity index (χ0v) is 19.9. The molecule has 3 saturated heterocycles. The number of imide groups is 1. The van der Waals surface area contributed by atoms with E-state index in [2.05, 4.69) is 0 Å². The van der Waals surface area contributed by atoms with Crippen molar-refractivity contribution in [3.63, 3.8) is 0 Å². The number of amides is 3. The van der Waals surface area contributed by atoms with Crippen molar-refractivity contribution in [2.75, 3.05) is 27.8 Å². The van der Waals surface area contributed by atoms with Crippen molar-refractivity contribution in [2.45, 2.75) is 31.3 Å². The van der Waals surface area contributed by atoms with Crippen molar-refractivity contribution in [1.29, 1.82) is 0 Å². The minimum atomic E-state index is -2.37. The number of esters is 2. The number of hydrogen-bond acceptors (Lipinski definition) is 9. The van der Waals surface area contributed by atoms with Crippen LogP contribution in [-0.2, 0) is 38.2 Å². The predicted octanol–water partition coefficient (Wildman–Crippen LogP) is 0.179. The fourth-order valence-electron chi connectivity index (χ4n) is 5.98. The third-order valence-electron chi connectivity index (χ3n) is 7.57. The first-order valence-electron chi connectivity index (χ1n) is 11.2. The summed E-state index contributed by atoms with van der Waals surface area (Å²) >= 11 is 0. The Kier molecular flexibility index (Phi) is 4.86. The first-order chi connectivity index (χ1) is 16.6. The number of carbonyl (C=O) groups is 5. The summed E-state index contributed by atoms with van der Waals surface area (Å²) in [5.41, 5.74) is -1.27. The Hall–Kier alpha value is -3.73. The van der Waals surface area contributed by atoms with Gasteiger partial charge in [-0.15, -0.1) is 0 Å². The molecule has 1 aromatic rings. The molecule has 0 saturated carbocycles. The molecule has 11 nitrogen and oxygen atoms in total. The van der Waals surface area contributed by atoms with Crippen LogP contribution in [0.25, 0.3) is 0 Å². The van der Waals surface area contributed by atoms with Crippen molar-refractivity contribution >= 4 is 29.7 Å². The van der Waals surface area contributed by atoms with Crippen molar-refractivity contribution < 1.29 is 38.2 Å². The number of allylic oxidation sites excluding steroid dienone is 1. The van der Waals surface area contributed by atoms with E-state index in [1.165, 1.54) is 16.8 Å². The summed E-state index contributed by atoms with van der Waals surface area (Å²) in [6.45, 7) is 3.42. The second kappa shape index (κ2) is 7.38. The Bertz CT molecular complexity index is 1210. The van der Waals surface area contributed by atoms with E-state index < -0.39 is 59.0 Å². The second-order valence-electron chi connectivity index (χ2n) is 8.95. The number of hydrogen-bond donors (Lipinski definition) is 0. The van der Waals surface area contributed by atoms with Gasteiger partial charge in [0.2, 0.25) is 17.7 Å². The maximum atomic E-state index is 14.2. The zero-order chi connectivity index (χ0) is 25.4. The SMILES string of the molecule is CCOC(=O)C1=C(C)N(C)[C@]23O[C@](C(=O)OC)(C(=O)N2[C@@H]1c1ccccc1)[C@H]1C(=O)N(C)C(=O)[C@H]13. The lowest BCUT2D eigenvalue weighted by molar-refractivity contribution is -0.219. The Balaban J connectivity index is 1.84. The number of piperidine rings is 1. The summed E-state index contributed by atoms with van der Waals surface area (Å²) in [5, 5.41) is 0. The molecule has 4 aliphatic rings. The minimum Gasteiger partial charge on any atom is -0.466 e. The molecule has 2 bridgehead atoms. The van der Waals surface area contributed by atoms with Crippen molar-refractivity contribution in [3.8, 4) is 0 Å². The topological polar surface area (TPSA) is 123 Å². The number of benzene rings is 1. The molecule has 3 fully saturated rings. The van der Waals surface area contributed by atoms with Gasteiger partial charge in [-0.25, -0.2) is 9.59 Å². The molecular formula is C24H25N3O8. The third kappa shape index (κ3) is 2.45. The lowest BCUT2D eigenvalue weighted by Crippen LogP contribution is -2.69. The first kappa shape index (κ1) is 23.0. The second-order valence-corrected chi connectivity index (χ2v) is 8.95. The quantitative estimate of drug-likeness (QED) is 0.335. The maximum absolute atomic E-state index is 14.2. The van der Waals surface area contributed by atoms with Gasteiger partial charge in [-0.3, -0.25) is 24.2 Å². The van der Waals surface area contributed by atoms with E-state index in [0.29, 0.717) is 11.3 Å². The number of likely N-dealkylation sites (tertiary alicyclic amines) is 1. The fraction of sp³-hybridized carbons (Fsp3) is 0.458. The molecule has 5 rings (SSSR count). The van der Waals surface area contributed by atoms with Crippen LogP contribution >= 0.6 is 0 Å². The average molecular weight is 483 g/mol. The molecule has 184 valence electrons. The van der Waals surface area contributed by atoms with Gasteiger partial charge in [-0.2, -0.15) is 0 Å². The lowest BCUT2D eigenvalue weighted by Gasteiger charge is -2.54. The summed E-state index contributed by atoms with van der Waals surface area (Å²) in [6, 6.07) is 7.69. The highest BCUT2D eigenvalue weighted by Crippen LogP contribution is 2.65. The van der Waals surface area contributed by atoms with E-state index in [4.69, 9.17) is 14.2 Å². The Labute approximate surface area is 201 Å². The van der Waals surface area contributed by atoms with Crippen molar-refractivity contribution in [1.82, 2.24) is 14.7 Å². The summed E-state index contributed by atoms with van der Waals surface area (Å²) in [6.07, 6.45) is 0. The van der Waals surface area contributed by atoms with E-state index in [-0.39, 0.29) is 12.2 Å². The minimum absolute atomic E-state index is 0.102. The van der Waals surface area contributed by atoms with Crippen molar-refractivity contribution in [3.05, 3.63) is 47.2 Å². The van der Waals surface area contributed by atoms with Crippen molar-refractivity contribution in [2.24, 2.45) is 11.8 Å². The van der Waals surface area contributed by atoms with Crippen LogP contribution in [0.3, 0.4) is 0 Å². The van der Waals surface area contributed by atoms with E-state index >= 15 is 0 Å². The summed E-state index contributed by atoms with van der Waals surface area (Å²) in [7, 11) is 3.95. The van der Waals surface area contributed by atoms with Crippen LogP contribution in [-0.4, -0.2) is 83.6 Å². The maximum Gasteiger partial charge on any atom is 0.349 e. The number of nitrogens with zero attached hydrogens (tertiary/aromatic N) is 3. The van der Waals surface area contributed by atoms with Crippen LogP contribution in [0.15, 0.2) is 41.6 Å². The van der Waals surface area contributed by atoms with Gasteiger partial charge in [0.25, 0.3) is 11.5 Å². The zero-order valence-electron chi connectivity index (χ0n) is 19.9. The van der Waals surface area contributed by atoms with Gasteiger partial charge in [0.05, 0.1) is 25.3 Å². The smallest absolute Gasteiger partial charge is 0.349 e. The molecular weight excluding hydrogens is 458 g/mol. The number of rotatable bonds is 4. The van der Waals surface area contributed by atoms with Gasteiger partial charge in [-0.05, 0) is 19.4 Å². The van der Waals surface area contributed by atoms with Crippen LogP contribution in [0.1, 0.15) is 25.5 Å². The normalized spacial score (nSPS) is 33.3. The highest BCUT2D eigenvalue weighted by atomic mass is 16.6. The molecule has 11 heteroatoms. The molecule has 0 radical (unpaired) electrons. The molecule has 0 unspecified atom stereocenters. The molecule has 4 heterocycles. The van der Waals surface area contributed by atoms with E-state index in [1.807, 2.05) is 0 Å².